The molecule has 0 N–H and O–H groups in total. The van der Waals surface area contributed by atoms with Crippen LogP contribution in [0.5, 0.6) is 0 Å². The van der Waals surface area contributed by atoms with Gasteiger partial charge in [-0.2, -0.15) is 0 Å². The maximum Gasteiger partial charge on any atom is 0.356 e. The molecule has 0 aliphatic carbocycles. The Hall–Kier alpha value is -1.66. The molecular formula is C13H16ClN3O3. The minimum absolute atomic E-state index is 0.0158. The maximum atomic E-state index is 11.6. The molecule has 2 aromatic rings. The Morgan fingerprint density at radius 3 is 2.75 bits per heavy atom. The van der Waals surface area contributed by atoms with Crippen LogP contribution in [-0.2, 0) is 21.9 Å². The first-order valence-corrected chi connectivity index (χ1v) is 6.67. The molecular weight excluding hydrogens is 282 g/mol. The third kappa shape index (κ3) is 2.76. The molecule has 0 aliphatic heterocycles. The Morgan fingerprint density at radius 1 is 1.40 bits per heavy atom. The molecule has 0 saturated heterocycles. The summed E-state index contributed by atoms with van der Waals surface area (Å²) in [6.07, 6.45) is -0.0158. The zero-order valence-corrected chi connectivity index (χ0v) is 12.3. The van der Waals surface area contributed by atoms with Gasteiger partial charge in [-0.05, 0) is 19.1 Å². The fourth-order valence-electron chi connectivity index (χ4n) is 1.89. The highest BCUT2D eigenvalue weighted by molar-refractivity contribution is 6.16. The van der Waals surface area contributed by atoms with Gasteiger partial charge in [0.2, 0.25) is 0 Å². The minimum Gasteiger partial charge on any atom is -0.464 e. The fraction of sp³-hybridized carbons (Fsp3) is 0.462. The van der Waals surface area contributed by atoms with Crippen molar-refractivity contribution in [3.8, 4) is 0 Å². The smallest absolute Gasteiger partial charge is 0.356 e. The van der Waals surface area contributed by atoms with Gasteiger partial charge in [0.25, 0.3) is 0 Å². The summed E-state index contributed by atoms with van der Waals surface area (Å²) in [5.41, 5.74) is 1.54. The van der Waals surface area contributed by atoms with E-state index in [2.05, 4.69) is 14.7 Å². The van der Waals surface area contributed by atoms with Crippen LogP contribution >= 0.6 is 11.6 Å². The van der Waals surface area contributed by atoms with Crippen LogP contribution in [0.4, 0.5) is 0 Å². The molecule has 0 radical (unpaired) electrons. The second-order valence-electron chi connectivity index (χ2n) is 4.35. The van der Waals surface area contributed by atoms with E-state index < -0.39 is 5.97 Å². The molecule has 0 fully saturated rings. The summed E-state index contributed by atoms with van der Waals surface area (Å²) in [4.78, 5) is 20.3. The average Bonchev–Trinajstić information content (AvgIpc) is 2.83. The van der Waals surface area contributed by atoms with E-state index in [1.165, 1.54) is 7.11 Å². The van der Waals surface area contributed by atoms with Gasteiger partial charge in [0, 0.05) is 7.11 Å². The number of hydrogen-bond donors (Lipinski definition) is 0. The number of ether oxygens (including phenoxy) is 2. The van der Waals surface area contributed by atoms with Crippen molar-refractivity contribution in [1.82, 2.24) is 14.5 Å². The number of carbonyl (C=O) groups is 1. The highest BCUT2D eigenvalue weighted by atomic mass is 35.5. The van der Waals surface area contributed by atoms with Gasteiger partial charge >= 0.3 is 5.97 Å². The summed E-state index contributed by atoms with van der Waals surface area (Å²) in [6.45, 7) is 2.50. The van der Waals surface area contributed by atoms with E-state index in [0.717, 1.165) is 0 Å². The van der Waals surface area contributed by atoms with Crippen LogP contribution in [-0.4, -0.2) is 40.8 Å². The Morgan fingerprint density at radius 2 is 2.15 bits per heavy atom. The number of methoxy groups -OCH3 is 2. The second kappa shape index (κ2) is 6.19. The van der Waals surface area contributed by atoms with Gasteiger partial charge in [0.15, 0.2) is 11.3 Å². The van der Waals surface area contributed by atoms with Crippen LogP contribution in [0.2, 0.25) is 0 Å². The van der Waals surface area contributed by atoms with Crippen molar-refractivity contribution in [3.63, 3.8) is 0 Å². The third-order valence-corrected chi connectivity index (χ3v) is 3.27. The molecule has 2 rings (SSSR count). The van der Waals surface area contributed by atoms with Gasteiger partial charge in [-0.1, -0.05) is 0 Å². The molecule has 6 nitrogen and oxygen atoms in total. The fourth-order valence-corrected chi connectivity index (χ4v) is 2.10. The molecule has 0 unspecified atom stereocenters. The molecule has 2 aromatic heterocycles. The molecule has 7 heteroatoms. The highest BCUT2D eigenvalue weighted by Crippen LogP contribution is 2.18. The van der Waals surface area contributed by atoms with Crippen LogP contribution in [0.3, 0.4) is 0 Å². The molecule has 0 spiro atoms. The lowest BCUT2D eigenvalue weighted by Gasteiger charge is -2.12. The van der Waals surface area contributed by atoms with Crippen molar-refractivity contribution in [2.45, 2.75) is 25.5 Å². The number of nitrogens with zero attached hydrogens (tertiary/aromatic N) is 3. The zero-order chi connectivity index (χ0) is 14.7. The zero-order valence-electron chi connectivity index (χ0n) is 11.6. The summed E-state index contributed by atoms with van der Waals surface area (Å²) in [7, 11) is 2.96. The quantitative estimate of drug-likeness (QED) is 0.624. The first-order chi connectivity index (χ1) is 9.60. The van der Waals surface area contributed by atoms with Gasteiger partial charge < -0.3 is 14.0 Å². The molecule has 1 atom stereocenters. The van der Waals surface area contributed by atoms with Crippen molar-refractivity contribution in [2.75, 3.05) is 14.2 Å². The standard InChI is InChI=1S/C13H16ClN3O3/c1-8(19-2)7-17-11(6-14)15-9-4-5-10(13(18)20-3)16-12(9)17/h4-5,8H,6-7H2,1-3H3/t8-/m0/s1. The first-order valence-electron chi connectivity index (χ1n) is 6.14. The van der Waals surface area contributed by atoms with Gasteiger partial charge in [-0.3, -0.25) is 0 Å². The maximum absolute atomic E-state index is 11.6. The topological polar surface area (TPSA) is 66.2 Å². The Labute approximate surface area is 121 Å². The van der Waals surface area contributed by atoms with Crippen molar-refractivity contribution >= 4 is 28.7 Å². The van der Waals surface area contributed by atoms with E-state index in [1.54, 1.807) is 19.2 Å². The summed E-state index contributed by atoms with van der Waals surface area (Å²) >= 11 is 5.92. The Kier molecular flexibility index (Phi) is 4.57. The van der Waals surface area contributed by atoms with Gasteiger partial charge in [0.05, 0.1) is 25.6 Å². The summed E-state index contributed by atoms with van der Waals surface area (Å²) in [5, 5.41) is 0. The number of halogens is 1. The molecule has 108 valence electrons. The first kappa shape index (κ1) is 14.7. The SMILES string of the molecule is COC(=O)c1ccc2nc(CCl)n(C[C@H](C)OC)c2n1. The number of aromatic nitrogens is 3. The van der Waals surface area contributed by atoms with Crippen molar-refractivity contribution < 1.29 is 14.3 Å². The Balaban J connectivity index is 2.53. The number of rotatable bonds is 5. The van der Waals surface area contributed by atoms with Crippen LogP contribution in [0.1, 0.15) is 23.2 Å². The largest absolute Gasteiger partial charge is 0.464 e. The third-order valence-electron chi connectivity index (χ3n) is 3.03. The summed E-state index contributed by atoms with van der Waals surface area (Å²) < 4.78 is 11.8. The number of pyridine rings is 1. The van der Waals surface area contributed by atoms with Gasteiger partial charge in [0.1, 0.15) is 11.3 Å². The lowest BCUT2D eigenvalue weighted by Crippen LogP contribution is -2.17. The molecule has 0 aromatic carbocycles. The predicted octanol–water partition coefficient (Wildman–Crippen LogP) is 1.99. The lowest BCUT2D eigenvalue weighted by molar-refractivity contribution is 0.0594. The lowest BCUT2D eigenvalue weighted by atomic mass is 10.3. The van der Waals surface area contributed by atoms with E-state index in [0.29, 0.717) is 23.5 Å². The molecule has 0 bridgehead atoms. The molecule has 0 amide bonds. The van der Waals surface area contributed by atoms with E-state index >= 15 is 0 Å². The number of imidazole rings is 1. The Bertz CT molecular complexity index is 627. The molecule has 20 heavy (non-hydrogen) atoms. The van der Waals surface area contributed by atoms with E-state index in [9.17, 15) is 4.79 Å². The number of hydrogen-bond acceptors (Lipinski definition) is 5. The van der Waals surface area contributed by atoms with Crippen LogP contribution in [0.25, 0.3) is 11.2 Å². The van der Waals surface area contributed by atoms with Crippen molar-refractivity contribution in [3.05, 3.63) is 23.7 Å². The van der Waals surface area contributed by atoms with Gasteiger partial charge in [-0.25, -0.2) is 14.8 Å². The number of fused-ring (bicyclic) bond motifs is 1. The van der Waals surface area contributed by atoms with Crippen molar-refractivity contribution in [2.24, 2.45) is 0 Å². The van der Waals surface area contributed by atoms with E-state index in [1.807, 2.05) is 11.5 Å². The predicted molar refractivity (Wildman–Crippen MR) is 74.9 cm³/mol. The van der Waals surface area contributed by atoms with Crippen molar-refractivity contribution in [1.29, 1.82) is 0 Å². The number of esters is 1. The van der Waals surface area contributed by atoms with E-state index in [4.69, 9.17) is 16.3 Å². The monoisotopic (exact) mass is 297 g/mol. The number of alkyl halides is 1. The highest BCUT2D eigenvalue weighted by Gasteiger charge is 2.16. The van der Waals surface area contributed by atoms with E-state index in [-0.39, 0.29) is 17.7 Å². The van der Waals surface area contributed by atoms with Gasteiger partial charge in [-0.15, -0.1) is 11.6 Å². The molecule has 2 heterocycles. The number of carbonyl (C=O) groups excluding carboxylic acids is 1. The summed E-state index contributed by atoms with van der Waals surface area (Å²) in [5.74, 6) is 0.479. The van der Waals surface area contributed by atoms with Crippen LogP contribution < -0.4 is 0 Å². The second-order valence-corrected chi connectivity index (χ2v) is 4.62. The molecule has 0 aliphatic rings. The normalized spacial score (nSPS) is 12.6. The minimum atomic E-state index is -0.480. The average molecular weight is 298 g/mol. The molecule has 0 saturated carbocycles. The van der Waals surface area contributed by atoms with Crippen LogP contribution in [0.15, 0.2) is 12.1 Å². The van der Waals surface area contributed by atoms with Crippen LogP contribution in [0, 0.1) is 0 Å². The summed E-state index contributed by atoms with van der Waals surface area (Å²) in [6, 6.07) is 3.32.